The summed E-state index contributed by atoms with van der Waals surface area (Å²) in [6, 6.07) is 15.9. The molecule has 1 fully saturated rings. The van der Waals surface area contributed by atoms with Crippen LogP contribution >= 0.6 is 0 Å². The highest BCUT2D eigenvalue weighted by molar-refractivity contribution is 5.95. The largest absolute Gasteiger partial charge is 0.508 e. The second-order valence-electron chi connectivity index (χ2n) is 8.83. The van der Waals surface area contributed by atoms with Gasteiger partial charge >= 0.3 is 0 Å². The summed E-state index contributed by atoms with van der Waals surface area (Å²) in [5.41, 5.74) is 4.33. The van der Waals surface area contributed by atoms with Crippen LogP contribution < -0.4 is 9.47 Å². The summed E-state index contributed by atoms with van der Waals surface area (Å²) in [4.78, 5) is 6.64. The van der Waals surface area contributed by atoms with Gasteiger partial charge < -0.3 is 19.7 Å². The third-order valence-corrected chi connectivity index (χ3v) is 6.41. The van der Waals surface area contributed by atoms with Gasteiger partial charge in [0.15, 0.2) is 6.10 Å². The van der Waals surface area contributed by atoms with Crippen LogP contribution in [-0.4, -0.2) is 53.0 Å². The lowest BCUT2D eigenvalue weighted by Crippen LogP contribution is -2.49. The van der Waals surface area contributed by atoms with Gasteiger partial charge in [-0.2, -0.15) is 0 Å². The number of allylic oxidation sites excluding steroid dienone is 1. The lowest BCUT2D eigenvalue weighted by Gasteiger charge is -2.37. The number of hydrogen-bond donors (Lipinski definition) is 2. The monoisotopic (exact) mass is 462 g/mol. The molecule has 1 unspecified atom stereocenters. The molecule has 0 spiro atoms. The molecule has 0 saturated carbocycles. The Morgan fingerprint density at radius 3 is 2.65 bits per heavy atom. The molecule has 3 heterocycles. The highest BCUT2D eigenvalue weighted by Crippen LogP contribution is 2.47. The van der Waals surface area contributed by atoms with E-state index in [0.29, 0.717) is 18.2 Å². The Balaban J connectivity index is 1.38. The number of aromatic nitrogens is 1. The van der Waals surface area contributed by atoms with Crippen LogP contribution in [0.15, 0.2) is 60.8 Å². The molecular formula is C27H27FN2O4. The summed E-state index contributed by atoms with van der Waals surface area (Å²) in [6.45, 7) is 4.55. The van der Waals surface area contributed by atoms with Gasteiger partial charge in [-0.05, 0) is 54.5 Å². The molecule has 1 saturated heterocycles. The maximum absolute atomic E-state index is 12.6. The molecule has 7 heteroatoms. The average Bonchev–Trinajstić information content (AvgIpc) is 2.81. The van der Waals surface area contributed by atoms with Gasteiger partial charge in [0.1, 0.15) is 23.9 Å². The van der Waals surface area contributed by atoms with Gasteiger partial charge in [-0.1, -0.05) is 12.1 Å². The van der Waals surface area contributed by atoms with Crippen LogP contribution in [0.3, 0.4) is 0 Å². The number of nitrogens with zero attached hydrogens (tertiary/aromatic N) is 2. The van der Waals surface area contributed by atoms with E-state index in [-0.39, 0.29) is 24.1 Å². The van der Waals surface area contributed by atoms with Crippen molar-refractivity contribution in [1.29, 1.82) is 0 Å². The number of pyridine rings is 1. The first-order valence-electron chi connectivity index (χ1n) is 11.4. The Labute approximate surface area is 197 Å². The number of aromatic hydroxyl groups is 2. The Hall–Kier alpha value is -3.58. The van der Waals surface area contributed by atoms with Gasteiger partial charge in [-0.25, -0.2) is 4.98 Å². The summed E-state index contributed by atoms with van der Waals surface area (Å²) in [5.74, 6) is 1.69. The highest BCUT2D eigenvalue weighted by atomic mass is 19.1. The fourth-order valence-corrected chi connectivity index (χ4v) is 4.59. The number of phenolic OH excluding ortho intramolecular Hbond substituents is 2. The Kier molecular flexibility index (Phi) is 6.11. The first-order chi connectivity index (χ1) is 16.5. The van der Waals surface area contributed by atoms with Crippen LogP contribution in [0.5, 0.6) is 23.1 Å². The van der Waals surface area contributed by atoms with E-state index in [1.165, 1.54) is 0 Å². The molecule has 34 heavy (non-hydrogen) atoms. The number of fused-ring (bicyclic) bond motifs is 1. The number of likely N-dealkylation sites (tertiary alicyclic amines) is 1. The quantitative estimate of drug-likeness (QED) is 0.524. The molecule has 3 aromatic rings. The minimum atomic E-state index is -0.445. The van der Waals surface area contributed by atoms with E-state index in [1.807, 2.05) is 25.1 Å². The molecule has 5 rings (SSSR count). The summed E-state index contributed by atoms with van der Waals surface area (Å²) in [6.07, 6.45) is 1.30. The normalized spacial score (nSPS) is 18.2. The number of benzene rings is 2. The number of phenols is 2. The van der Waals surface area contributed by atoms with Crippen molar-refractivity contribution in [2.75, 3.05) is 32.9 Å². The topological polar surface area (TPSA) is 75.1 Å². The van der Waals surface area contributed by atoms with Gasteiger partial charge in [0.05, 0.1) is 6.67 Å². The fourth-order valence-electron chi connectivity index (χ4n) is 4.59. The molecule has 1 atom stereocenters. The Morgan fingerprint density at radius 2 is 1.91 bits per heavy atom. The van der Waals surface area contributed by atoms with Gasteiger partial charge in [0, 0.05) is 54.5 Å². The second kappa shape index (κ2) is 9.35. The highest BCUT2D eigenvalue weighted by Gasteiger charge is 2.30. The molecule has 1 aromatic heterocycles. The summed E-state index contributed by atoms with van der Waals surface area (Å²) < 4.78 is 24.7. The van der Waals surface area contributed by atoms with E-state index < -0.39 is 6.10 Å². The number of halogens is 1. The Bertz CT molecular complexity index is 1210. The number of rotatable bonds is 7. The Morgan fingerprint density at radius 1 is 1.09 bits per heavy atom. The molecule has 0 amide bonds. The molecule has 2 aliphatic heterocycles. The smallest absolute Gasteiger partial charge is 0.213 e. The first-order valence-corrected chi connectivity index (χ1v) is 11.4. The van der Waals surface area contributed by atoms with Crippen LogP contribution in [0.1, 0.15) is 29.7 Å². The SMILES string of the molecule is CC1=C(c2cccc(O)c2)C(c2ccc(OCCN3CC(CF)C3)nc2)Oc2ccc(O)cc21. The van der Waals surface area contributed by atoms with Crippen molar-refractivity contribution in [1.82, 2.24) is 9.88 Å². The molecule has 0 bridgehead atoms. The van der Waals surface area contributed by atoms with E-state index in [2.05, 4.69) is 9.88 Å². The molecular weight excluding hydrogens is 435 g/mol. The van der Waals surface area contributed by atoms with Crippen LogP contribution in [-0.2, 0) is 0 Å². The first kappa shape index (κ1) is 22.2. The zero-order valence-electron chi connectivity index (χ0n) is 18.9. The maximum Gasteiger partial charge on any atom is 0.213 e. The molecule has 6 nitrogen and oxygen atoms in total. The van der Waals surface area contributed by atoms with E-state index in [9.17, 15) is 14.6 Å². The van der Waals surface area contributed by atoms with Crippen LogP contribution in [0.4, 0.5) is 4.39 Å². The average molecular weight is 463 g/mol. The lowest BCUT2D eigenvalue weighted by atomic mass is 9.86. The van der Waals surface area contributed by atoms with Gasteiger partial charge in [-0.15, -0.1) is 0 Å². The predicted molar refractivity (Wildman–Crippen MR) is 128 cm³/mol. The van der Waals surface area contributed by atoms with Crippen molar-refractivity contribution in [3.05, 3.63) is 77.5 Å². The van der Waals surface area contributed by atoms with E-state index >= 15 is 0 Å². The van der Waals surface area contributed by atoms with E-state index in [4.69, 9.17) is 9.47 Å². The predicted octanol–water partition coefficient (Wildman–Crippen LogP) is 4.84. The number of hydrogen-bond acceptors (Lipinski definition) is 6. The van der Waals surface area contributed by atoms with Crippen molar-refractivity contribution in [3.8, 4) is 23.1 Å². The van der Waals surface area contributed by atoms with E-state index in [1.54, 1.807) is 42.6 Å². The zero-order valence-corrected chi connectivity index (χ0v) is 18.9. The second-order valence-corrected chi connectivity index (χ2v) is 8.83. The van der Waals surface area contributed by atoms with Crippen molar-refractivity contribution < 1.29 is 24.1 Å². The molecule has 2 N–H and O–H groups in total. The van der Waals surface area contributed by atoms with Gasteiger partial charge in [0.2, 0.25) is 5.88 Å². The third-order valence-electron chi connectivity index (χ3n) is 6.41. The van der Waals surface area contributed by atoms with E-state index in [0.717, 1.165) is 47.5 Å². The summed E-state index contributed by atoms with van der Waals surface area (Å²) in [7, 11) is 0. The molecule has 0 radical (unpaired) electrons. The van der Waals surface area contributed by atoms with Crippen LogP contribution in [0, 0.1) is 5.92 Å². The van der Waals surface area contributed by atoms with Crippen LogP contribution in [0.25, 0.3) is 11.1 Å². The third kappa shape index (κ3) is 4.43. The number of ether oxygens (including phenoxy) is 2. The molecule has 176 valence electrons. The summed E-state index contributed by atoms with van der Waals surface area (Å²) in [5, 5.41) is 20.1. The van der Waals surface area contributed by atoms with Crippen molar-refractivity contribution in [3.63, 3.8) is 0 Å². The molecule has 2 aromatic carbocycles. The number of alkyl halides is 1. The minimum absolute atomic E-state index is 0.164. The zero-order chi connectivity index (χ0) is 23.7. The van der Waals surface area contributed by atoms with Gasteiger partial charge in [-0.3, -0.25) is 9.29 Å². The van der Waals surface area contributed by atoms with Crippen molar-refractivity contribution in [2.45, 2.75) is 13.0 Å². The minimum Gasteiger partial charge on any atom is -0.508 e. The van der Waals surface area contributed by atoms with Crippen LogP contribution in [0.2, 0.25) is 0 Å². The fraction of sp³-hybridized carbons (Fsp3) is 0.296. The molecule has 2 aliphatic rings. The summed E-state index contributed by atoms with van der Waals surface area (Å²) >= 11 is 0. The van der Waals surface area contributed by atoms with Gasteiger partial charge in [0.25, 0.3) is 0 Å². The van der Waals surface area contributed by atoms with Crippen molar-refractivity contribution >= 4 is 11.1 Å². The molecule has 0 aliphatic carbocycles. The standard InChI is InChI=1S/C27H27FN2O4/c1-17-23-12-22(32)6-7-24(23)34-27(26(17)19-3-2-4-21(31)11-19)20-5-8-25(29-14-20)33-10-9-30-15-18(13-28)16-30/h2-8,11-12,14,18,27,31-32H,9-10,13,15-16H2,1H3. The maximum atomic E-state index is 12.6. The lowest BCUT2D eigenvalue weighted by molar-refractivity contribution is 0.0661. The van der Waals surface area contributed by atoms with Crippen molar-refractivity contribution in [2.24, 2.45) is 5.92 Å².